The highest BCUT2D eigenvalue weighted by Gasteiger charge is 2.03. The van der Waals surface area contributed by atoms with Crippen molar-refractivity contribution < 1.29 is 19.4 Å². The maximum absolute atomic E-state index is 10.6. The van der Waals surface area contributed by atoms with E-state index in [4.69, 9.17) is 10.8 Å². The summed E-state index contributed by atoms with van der Waals surface area (Å²) in [4.78, 5) is 21.1. The SMILES string of the molecule is NCC(=O)NCC(=O)OCCO. The second kappa shape index (κ2) is 6.56. The number of esters is 1. The van der Waals surface area contributed by atoms with Crippen LogP contribution < -0.4 is 11.1 Å². The predicted molar refractivity (Wildman–Crippen MR) is 40.1 cm³/mol. The third-order valence-corrected chi connectivity index (χ3v) is 0.970. The molecule has 0 aromatic heterocycles. The van der Waals surface area contributed by atoms with Gasteiger partial charge in [0.15, 0.2) is 0 Å². The number of aliphatic hydroxyl groups excluding tert-OH is 1. The second-order valence-corrected chi connectivity index (χ2v) is 1.92. The average molecular weight is 176 g/mol. The molecule has 6 nitrogen and oxygen atoms in total. The molecule has 0 saturated heterocycles. The van der Waals surface area contributed by atoms with Gasteiger partial charge in [0.05, 0.1) is 13.2 Å². The van der Waals surface area contributed by atoms with E-state index in [9.17, 15) is 9.59 Å². The maximum atomic E-state index is 10.6. The van der Waals surface area contributed by atoms with Crippen molar-refractivity contribution in [2.75, 3.05) is 26.3 Å². The number of carbonyl (C=O) groups is 2. The monoisotopic (exact) mass is 176 g/mol. The second-order valence-electron chi connectivity index (χ2n) is 1.92. The average Bonchev–Trinajstić information content (AvgIpc) is 2.10. The van der Waals surface area contributed by atoms with E-state index < -0.39 is 11.9 Å². The van der Waals surface area contributed by atoms with Crippen LogP contribution in [-0.2, 0) is 14.3 Å². The van der Waals surface area contributed by atoms with E-state index in [1.165, 1.54) is 0 Å². The summed E-state index contributed by atoms with van der Waals surface area (Å²) in [7, 11) is 0. The number of carbonyl (C=O) groups excluding carboxylic acids is 2. The molecule has 1 amide bonds. The van der Waals surface area contributed by atoms with Gasteiger partial charge in [-0.15, -0.1) is 0 Å². The third-order valence-electron chi connectivity index (χ3n) is 0.970. The Morgan fingerprint density at radius 1 is 1.50 bits per heavy atom. The molecule has 0 atom stereocenters. The fraction of sp³-hybridized carbons (Fsp3) is 0.667. The van der Waals surface area contributed by atoms with Crippen molar-refractivity contribution in [3.63, 3.8) is 0 Å². The van der Waals surface area contributed by atoms with Crippen LogP contribution in [0.3, 0.4) is 0 Å². The zero-order chi connectivity index (χ0) is 9.40. The van der Waals surface area contributed by atoms with Crippen molar-refractivity contribution in [1.29, 1.82) is 0 Å². The minimum Gasteiger partial charge on any atom is -0.462 e. The Kier molecular flexibility index (Phi) is 5.94. The highest BCUT2D eigenvalue weighted by molar-refractivity contribution is 5.82. The molecule has 0 aromatic rings. The summed E-state index contributed by atoms with van der Waals surface area (Å²) in [6.45, 7) is -0.656. The molecule has 0 rings (SSSR count). The van der Waals surface area contributed by atoms with E-state index in [-0.39, 0.29) is 26.3 Å². The van der Waals surface area contributed by atoms with Crippen LogP contribution in [0.25, 0.3) is 0 Å². The van der Waals surface area contributed by atoms with Gasteiger partial charge in [-0.3, -0.25) is 9.59 Å². The molecule has 0 bridgehead atoms. The number of hydrogen-bond donors (Lipinski definition) is 3. The van der Waals surface area contributed by atoms with E-state index >= 15 is 0 Å². The van der Waals surface area contributed by atoms with Crippen LogP contribution in [0, 0.1) is 0 Å². The van der Waals surface area contributed by atoms with Crippen LogP contribution in [0.5, 0.6) is 0 Å². The zero-order valence-electron chi connectivity index (χ0n) is 6.58. The zero-order valence-corrected chi connectivity index (χ0v) is 6.58. The van der Waals surface area contributed by atoms with Crippen LogP contribution in [0.1, 0.15) is 0 Å². The lowest BCUT2D eigenvalue weighted by molar-refractivity contribution is -0.144. The molecule has 12 heavy (non-hydrogen) atoms. The number of nitrogens with one attached hydrogen (secondary N) is 1. The summed E-state index contributed by atoms with van der Waals surface area (Å²) >= 11 is 0. The summed E-state index contributed by atoms with van der Waals surface area (Å²) in [5.74, 6) is -1.01. The minimum atomic E-state index is -0.592. The summed E-state index contributed by atoms with van der Waals surface area (Å²) < 4.78 is 4.44. The van der Waals surface area contributed by atoms with Gasteiger partial charge in [-0.25, -0.2) is 0 Å². The van der Waals surface area contributed by atoms with E-state index in [0.717, 1.165) is 0 Å². The first kappa shape index (κ1) is 10.9. The summed E-state index contributed by atoms with van der Waals surface area (Å²) in [6, 6.07) is 0. The van der Waals surface area contributed by atoms with Gasteiger partial charge < -0.3 is 20.9 Å². The Bertz CT molecular complexity index is 160. The number of amides is 1. The molecule has 0 aliphatic heterocycles. The largest absolute Gasteiger partial charge is 0.462 e. The fourth-order valence-corrected chi connectivity index (χ4v) is 0.453. The minimum absolute atomic E-state index is 0.0582. The maximum Gasteiger partial charge on any atom is 0.325 e. The number of rotatable bonds is 5. The van der Waals surface area contributed by atoms with E-state index in [0.29, 0.717) is 0 Å². The normalized spacial score (nSPS) is 9.17. The van der Waals surface area contributed by atoms with Gasteiger partial charge in [-0.05, 0) is 0 Å². The molecule has 70 valence electrons. The Labute approximate surface area is 69.7 Å². The van der Waals surface area contributed by atoms with Gasteiger partial charge in [0, 0.05) is 0 Å². The van der Waals surface area contributed by atoms with Gasteiger partial charge in [-0.2, -0.15) is 0 Å². The highest BCUT2D eigenvalue weighted by Crippen LogP contribution is 1.75. The lowest BCUT2D eigenvalue weighted by atomic mass is 10.5. The lowest BCUT2D eigenvalue weighted by Crippen LogP contribution is -2.35. The highest BCUT2D eigenvalue weighted by atomic mass is 16.5. The molecular formula is C6H12N2O4. The smallest absolute Gasteiger partial charge is 0.325 e. The first-order valence-electron chi connectivity index (χ1n) is 3.44. The fourth-order valence-electron chi connectivity index (χ4n) is 0.453. The molecule has 0 saturated carbocycles. The first-order valence-corrected chi connectivity index (χ1v) is 3.44. The van der Waals surface area contributed by atoms with Crippen molar-refractivity contribution in [3.05, 3.63) is 0 Å². The van der Waals surface area contributed by atoms with Crippen molar-refractivity contribution in [3.8, 4) is 0 Å². The van der Waals surface area contributed by atoms with Gasteiger partial charge >= 0.3 is 5.97 Å². The number of ether oxygens (including phenoxy) is 1. The van der Waals surface area contributed by atoms with Crippen LogP contribution in [-0.4, -0.2) is 43.3 Å². The van der Waals surface area contributed by atoms with E-state index in [2.05, 4.69) is 10.1 Å². The van der Waals surface area contributed by atoms with Crippen molar-refractivity contribution in [2.24, 2.45) is 5.73 Å². The quantitative estimate of drug-likeness (QED) is 0.405. The van der Waals surface area contributed by atoms with Crippen LogP contribution >= 0.6 is 0 Å². The molecule has 6 heteroatoms. The number of nitrogens with two attached hydrogens (primary N) is 1. The van der Waals surface area contributed by atoms with Gasteiger partial charge in [-0.1, -0.05) is 0 Å². The molecule has 0 radical (unpaired) electrons. The summed E-state index contributed by atoms with van der Waals surface area (Å²) in [5, 5.41) is 10.5. The van der Waals surface area contributed by atoms with Crippen molar-refractivity contribution in [1.82, 2.24) is 5.32 Å². The molecule has 0 aromatic carbocycles. The van der Waals surface area contributed by atoms with Gasteiger partial charge in [0.2, 0.25) is 5.91 Å². The molecule has 4 N–H and O–H groups in total. The van der Waals surface area contributed by atoms with E-state index in [1.807, 2.05) is 0 Å². The molecule has 0 aliphatic carbocycles. The Morgan fingerprint density at radius 3 is 2.67 bits per heavy atom. The standard InChI is InChI=1S/C6H12N2O4/c7-3-5(10)8-4-6(11)12-2-1-9/h9H,1-4,7H2,(H,8,10). The van der Waals surface area contributed by atoms with Crippen LogP contribution in [0.15, 0.2) is 0 Å². The molecule has 0 fully saturated rings. The number of aliphatic hydroxyl groups is 1. The third kappa shape index (κ3) is 5.63. The summed E-state index contributed by atoms with van der Waals surface area (Å²) in [5.41, 5.74) is 4.95. The predicted octanol–water partition coefficient (Wildman–Crippen LogP) is -2.40. The Hall–Kier alpha value is -1.14. The van der Waals surface area contributed by atoms with Gasteiger partial charge in [0.1, 0.15) is 13.2 Å². The summed E-state index contributed by atoms with van der Waals surface area (Å²) in [6.07, 6.45) is 0. The molecular weight excluding hydrogens is 164 g/mol. The first-order chi connectivity index (χ1) is 5.70. The molecule has 0 heterocycles. The van der Waals surface area contributed by atoms with Gasteiger partial charge in [0.25, 0.3) is 0 Å². The Balaban J connectivity index is 3.37. The van der Waals surface area contributed by atoms with Crippen molar-refractivity contribution in [2.45, 2.75) is 0 Å². The molecule has 0 spiro atoms. The lowest BCUT2D eigenvalue weighted by Gasteiger charge is -2.03. The van der Waals surface area contributed by atoms with Crippen molar-refractivity contribution >= 4 is 11.9 Å². The molecule has 0 unspecified atom stereocenters. The van der Waals surface area contributed by atoms with Crippen LogP contribution in [0.4, 0.5) is 0 Å². The van der Waals surface area contributed by atoms with E-state index in [1.54, 1.807) is 0 Å². The van der Waals surface area contributed by atoms with Crippen LogP contribution in [0.2, 0.25) is 0 Å². The Morgan fingerprint density at radius 2 is 2.17 bits per heavy atom. The topological polar surface area (TPSA) is 102 Å². The number of hydrogen-bond acceptors (Lipinski definition) is 5. The molecule has 0 aliphatic rings.